The number of aromatic nitrogens is 2. The van der Waals surface area contributed by atoms with E-state index in [1.807, 2.05) is 11.9 Å². The molecule has 5 nitrogen and oxygen atoms in total. The molecule has 0 bridgehead atoms. The Bertz CT molecular complexity index is 393. The molecule has 1 aliphatic rings. The molecule has 1 aliphatic heterocycles. The summed E-state index contributed by atoms with van der Waals surface area (Å²) >= 11 is 1.22. The highest BCUT2D eigenvalue weighted by Gasteiger charge is 2.28. The van der Waals surface area contributed by atoms with E-state index in [2.05, 4.69) is 21.8 Å². The Hall–Kier alpha value is -1.01. The van der Waals surface area contributed by atoms with Crippen LogP contribution in [0.4, 0.5) is 0 Å². The maximum atomic E-state index is 12.3. The Kier molecular flexibility index (Phi) is 4.06. The van der Waals surface area contributed by atoms with Gasteiger partial charge in [-0.05, 0) is 31.4 Å². The molecule has 0 spiro atoms. The van der Waals surface area contributed by atoms with E-state index in [4.69, 9.17) is 0 Å². The van der Waals surface area contributed by atoms with Crippen LogP contribution in [0.2, 0.25) is 0 Å². The number of rotatable bonds is 4. The van der Waals surface area contributed by atoms with Crippen molar-refractivity contribution in [1.29, 1.82) is 0 Å². The highest BCUT2D eigenvalue weighted by Crippen LogP contribution is 2.18. The molecule has 2 heterocycles. The lowest BCUT2D eigenvalue weighted by Gasteiger charge is -2.15. The number of hydrogen-bond acceptors (Lipinski definition) is 5. The van der Waals surface area contributed by atoms with Crippen LogP contribution in [0.5, 0.6) is 0 Å². The van der Waals surface area contributed by atoms with Gasteiger partial charge in [0.25, 0.3) is 5.91 Å². The van der Waals surface area contributed by atoms with Gasteiger partial charge in [-0.3, -0.25) is 4.79 Å². The van der Waals surface area contributed by atoms with E-state index in [1.165, 1.54) is 11.5 Å². The highest BCUT2D eigenvalue weighted by molar-refractivity contribution is 7.08. The van der Waals surface area contributed by atoms with Gasteiger partial charge in [0.1, 0.15) is 4.88 Å². The number of nitrogens with zero attached hydrogens (tertiary/aromatic N) is 3. The molecule has 2 rings (SSSR count). The van der Waals surface area contributed by atoms with Crippen LogP contribution in [0.1, 0.15) is 35.1 Å². The number of likely N-dealkylation sites (tertiary alicyclic amines) is 1. The Balaban J connectivity index is 2.06. The third kappa shape index (κ3) is 2.63. The molecule has 6 heteroatoms. The van der Waals surface area contributed by atoms with Crippen molar-refractivity contribution in [2.24, 2.45) is 0 Å². The maximum Gasteiger partial charge on any atom is 0.267 e. The lowest BCUT2D eigenvalue weighted by atomic mass is 10.2. The minimum absolute atomic E-state index is 0.0983. The minimum Gasteiger partial charge on any atom is -0.336 e. The average Bonchev–Trinajstić information content (AvgIpc) is 2.97. The van der Waals surface area contributed by atoms with Gasteiger partial charge in [-0.2, -0.15) is 0 Å². The largest absolute Gasteiger partial charge is 0.336 e. The number of aryl methyl sites for hydroxylation is 1. The fourth-order valence-corrected chi connectivity index (χ4v) is 2.77. The molecule has 1 amide bonds. The van der Waals surface area contributed by atoms with Gasteiger partial charge in [0.2, 0.25) is 0 Å². The molecule has 94 valence electrons. The Morgan fingerprint density at radius 3 is 3.12 bits per heavy atom. The summed E-state index contributed by atoms with van der Waals surface area (Å²) in [5.74, 6) is 0.0983. The van der Waals surface area contributed by atoms with Gasteiger partial charge < -0.3 is 10.2 Å². The second-order valence-corrected chi connectivity index (χ2v) is 5.08. The van der Waals surface area contributed by atoms with E-state index >= 15 is 0 Å². The SMILES string of the molecule is CCCc1nnsc1C(=O)N1CCC(NC)C1. The van der Waals surface area contributed by atoms with Crippen LogP contribution >= 0.6 is 11.5 Å². The van der Waals surface area contributed by atoms with Crippen molar-refractivity contribution >= 4 is 17.4 Å². The molecule has 0 radical (unpaired) electrons. The molecular weight excluding hydrogens is 236 g/mol. The van der Waals surface area contributed by atoms with E-state index < -0.39 is 0 Å². The fraction of sp³-hybridized carbons (Fsp3) is 0.727. The zero-order chi connectivity index (χ0) is 12.3. The molecule has 1 N–H and O–H groups in total. The fourth-order valence-electron chi connectivity index (χ4n) is 2.10. The first-order valence-electron chi connectivity index (χ1n) is 6.04. The van der Waals surface area contributed by atoms with Gasteiger partial charge >= 0.3 is 0 Å². The summed E-state index contributed by atoms with van der Waals surface area (Å²) in [5, 5.41) is 7.26. The standard InChI is InChI=1S/C11H18N4OS/c1-3-4-9-10(17-14-13-9)11(16)15-6-5-8(7-15)12-2/h8,12H,3-7H2,1-2H3. The van der Waals surface area contributed by atoms with Gasteiger partial charge in [0, 0.05) is 19.1 Å². The average molecular weight is 254 g/mol. The summed E-state index contributed by atoms with van der Waals surface area (Å²) in [5.41, 5.74) is 0.857. The Morgan fingerprint density at radius 1 is 1.65 bits per heavy atom. The van der Waals surface area contributed by atoms with Crippen LogP contribution in [0.25, 0.3) is 0 Å². The van der Waals surface area contributed by atoms with Crippen LogP contribution in [-0.4, -0.2) is 46.6 Å². The van der Waals surface area contributed by atoms with Gasteiger partial charge in [-0.15, -0.1) is 5.10 Å². The van der Waals surface area contributed by atoms with Crippen LogP contribution in [-0.2, 0) is 6.42 Å². The molecule has 1 unspecified atom stereocenters. The molecule has 0 aromatic carbocycles. The van der Waals surface area contributed by atoms with E-state index in [0.717, 1.165) is 42.9 Å². The summed E-state index contributed by atoms with van der Waals surface area (Å²) < 4.78 is 3.90. The van der Waals surface area contributed by atoms with Crippen LogP contribution in [0, 0.1) is 0 Å². The van der Waals surface area contributed by atoms with E-state index in [1.54, 1.807) is 0 Å². The van der Waals surface area contributed by atoms with Crippen molar-refractivity contribution in [2.45, 2.75) is 32.2 Å². The predicted molar refractivity (Wildman–Crippen MR) is 67.3 cm³/mol. The Labute approximate surface area is 105 Å². The van der Waals surface area contributed by atoms with Gasteiger partial charge in [-0.1, -0.05) is 17.8 Å². The quantitative estimate of drug-likeness (QED) is 0.868. The lowest BCUT2D eigenvalue weighted by molar-refractivity contribution is 0.0793. The summed E-state index contributed by atoms with van der Waals surface area (Å²) in [6, 6.07) is 0.425. The first kappa shape index (κ1) is 12.4. The molecule has 0 aliphatic carbocycles. The van der Waals surface area contributed by atoms with Crippen molar-refractivity contribution in [3.63, 3.8) is 0 Å². The molecule has 1 saturated heterocycles. The number of carbonyl (C=O) groups excluding carboxylic acids is 1. The van der Waals surface area contributed by atoms with Gasteiger partial charge in [0.15, 0.2) is 0 Å². The molecule has 1 atom stereocenters. The van der Waals surface area contributed by atoms with E-state index in [0.29, 0.717) is 6.04 Å². The topological polar surface area (TPSA) is 58.1 Å². The smallest absolute Gasteiger partial charge is 0.267 e. The first-order valence-corrected chi connectivity index (χ1v) is 6.81. The normalized spacial score (nSPS) is 19.9. The first-order chi connectivity index (χ1) is 8.26. The summed E-state index contributed by atoms with van der Waals surface area (Å²) in [6.07, 6.45) is 2.85. The monoisotopic (exact) mass is 254 g/mol. The van der Waals surface area contributed by atoms with Crippen molar-refractivity contribution in [2.75, 3.05) is 20.1 Å². The zero-order valence-electron chi connectivity index (χ0n) is 10.3. The third-order valence-electron chi connectivity index (χ3n) is 3.12. The molecule has 1 aromatic heterocycles. The van der Waals surface area contributed by atoms with Crippen LogP contribution < -0.4 is 5.32 Å². The molecule has 1 fully saturated rings. The highest BCUT2D eigenvalue weighted by atomic mass is 32.1. The van der Waals surface area contributed by atoms with Gasteiger partial charge in [0.05, 0.1) is 5.69 Å². The number of amides is 1. The molecule has 17 heavy (non-hydrogen) atoms. The number of likely N-dealkylation sites (N-methyl/N-ethyl adjacent to an activating group) is 1. The van der Waals surface area contributed by atoms with Crippen molar-refractivity contribution in [3.8, 4) is 0 Å². The number of nitrogens with one attached hydrogen (secondary N) is 1. The summed E-state index contributed by atoms with van der Waals surface area (Å²) in [4.78, 5) is 14.9. The van der Waals surface area contributed by atoms with E-state index in [-0.39, 0.29) is 5.91 Å². The molecular formula is C11H18N4OS. The zero-order valence-corrected chi connectivity index (χ0v) is 11.1. The number of hydrogen-bond donors (Lipinski definition) is 1. The summed E-state index contributed by atoms with van der Waals surface area (Å²) in [7, 11) is 1.94. The van der Waals surface area contributed by atoms with Crippen molar-refractivity contribution < 1.29 is 4.79 Å². The lowest BCUT2D eigenvalue weighted by Crippen LogP contribution is -2.33. The Morgan fingerprint density at radius 2 is 2.47 bits per heavy atom. The second kappa shape index (κ2) is 5.55. The summed E-state index contributed by atoms with van der Waals surface area (Å²) in [6.45, 7) is 3.70. The third-order valence-corrected chi connectivity index (χ3v) is 3.88. The maximum absolute atomic E-state index is 12.3. The van der Waals surface area contributed by atoms with Crippen LogP contribution in [0.3, 0.4) is 0 Å². The van der Waals surface area contributed by atoms with Crippen LogP contribution in [0.15, 0.2) is 0 Å². The molecule has 1 aromatic rings. The number of carbonyl (C=O) groups is 1. The molecule has 0 saturated carbocycles. The van der Waals surface area contributed by atoms with E-state index in [9.17, 15) is 4.79 Å². The minimum atomic E-state index is 0.0983. The second-order valence-electron chi connectivity index (χ2n) is 4.32. The van der Waals surface area contributed by atoms with Crippen molar-refractivity contribution in [3.05, 3.63) is 10.6 Å². The van der Waals surface area contributed by atoms with Crippen molar-refractivity contribution in [1.82, 2.24) is 19.8 Å². The van der Waals surface area contributed by atoms with Gasteiger partial charge in [-0.25, -0.2) is 0 Å². The predicted octanol–water partition coefficient (Wildman–Crippen LogP) is 0.925.